The average molecular weight is 362 g/mol. The number of hydrogen-bond acceptors (Lipinski definition) is 4. The molecule has 25 heavy (non-hydrogen) atoms. The van der Waals surface area contributed by atoms with Crippen molar-refractivity contribution < 1.29 is 17.9 Å². The number of primary sulfonamides is 1. The second-order valence-electron chi connectivity index (χ2n) is 5.92. The summed E-state index contributed by atoms with van der Waals surface area (Å²) in [6.45, 7) is 4.22. The summed E-state index contributed by atoms with van der Waals surface area (Å²) in [5.41, 5.74) is 3.29. The SMILES string of the molecule is Cc1ccc(C)c(OCCC(=O)Nc2ccc(CS(N)(=O)=O)cc2)c1. The number of ether oxygens (including phenoxy) is 1. The van der Waals surface area contributed by atoms with Crippen LogP contribution in [0.15, 0.2) is 42.5 Å². The van der Waals surface area contributed by atoms with Crippen LogP contribution in [0.5, 0.6) is 5.75 Å². The maximum Gasteiger partial charge on any atom is 0.227 e. The standard InChI is InChI=1S/C18H22N2O4S/c1-13-3-4-14(2)17(11-13)24-10-9-18(21)20-16-7-5-15(6-8-16)12-25(19,22)23/h3-8,11H,9-10,12H2,1-2H3,(H,20,21)(H2,19,22,23). The number of carbonyl (C=O) groups is 1. The van der Waals surface area contributed by atoms with Crippen LogP contribution < -0.4 is 15.2 Å². The van der Waals surface area contributed by atoms with E-state index in [-0.39, 0.29) is 24.7 Å². The van der Waals surface area contributed by atoms with Crippen LogP contribution in [-0.2, 0) is 20.6 Å². The molecule has 0 aliphatic carbocycles. The maximum absolute atomic E-state index is 12.0. The van der Waals surface area contributed by atoms with E-state index >= 15 is 0 Å². The van der Waals surface area contributed by atoms with Gasteiger partial charge in [-0.25, -0.2) is 13.6 Å². The van der Waals surface area contributed by atoms with Gasteiger partial charge in [0.15, 0.2) is 0 Å². The summed E-state index contributed by atoms with van der Waals surface area (Å²) in [5.74, 6) is 0.370. The van der Waals surface area contributed by atoms with Crippen molar-refractivity contribution in [1.29, 1.82) is 0 Å². The van der Waals surface area contributed by atoms with Gasteiger partial charge in [-0.3, -0.25) is 4.79 Å². The molecule has 2 aromatic carbocycles. The van der Waals surface area contributed by atoms with Gasteiger partial charge in [-0.2, -0.15) is 0 Å². The summed E-state index contributed by atoms with van der Waals surface area (Å²) >= 11 is 0. The molecule has 0 aromatic heterocycles. The lowest BCUT2D eigenvalue weighted by atomic mass is 10.1. The number of sulfonamides is 1. The molecule has 2 aromatic rings. The van der Waals surface area contributed by atoms with Crippen LogP contribution in [0, 0.1) is 13.8 Å². The smallest absolute Gasteiger partial charge is 0.227 e. The van der Waals surface area contributed by atoms with E-state index in [2.05, 4.69) is 5.32 Å². The Bertz CT molecular complexity index is 846. The highest BCUT2D eigenvalue weighted by Crippen LogP contribution is 2.19. The van der Waals surface area contributed by atoms with Crippen LogP contribution in [0.4, 0.5) is 5.69 Å². The molecule has 0 bridgehead atoms. The van der Waals surface area contributed by atoms with E-state index in [0.29, 0.717) is 11.3 Å². The third-order valence-electron chi connectivity index (χ3n) is 3.54. The van der Waals surface area contributed by atoms with Crippen LogP contribution in [-0.4, -0.2) is 20.9 Å². The number of benzene rings is 2. The molecule has 1 amide bonds. The number of nitrogens with two attached hydrogens (primary N) is 1. The second-order valence-corrected chi connectivity index (χ2v) is 7.53. The minimum atomic E-state index is -3.56. The van der Waals surface area contributed by atoms with Gasteiger partial charge in [0.1, 0.15) is 5.75 Å². The third kappa shape index (κ3) is 6.56. The fourth-order valence-electron chi connectivity index (χ4n) is 2.26. The molecule has 6 nitrogen and oxygen atoms in total. The lowest BCUT2D eigenvalue weighted by Crippen LogP contribution is -2.16. The molecule has 0 heterocycles. The monoisotopic (exact) mass is 362 g/mol. The van der Waals surface area contributed by atoms with Crippen LogP contribution >= 0.6 is 0 Å². The zero-order chi connectivity index (χ0) is 18.4. The molecular weight excluding hydrogens is 340 g/mol. The number of nitrogens with one attached hydrogen (secondary N) is 1. The van der Waals surface area contributed by atoms with Gasteiger partial charge in [0, 0.05) is 5.69 Å². The van der Waals surface area contributed by atoms with Gasteiger partial charge >= 0.3 is 0 Å². The minimum Gasteiger partial charge on any atom is -0.493 e. The summed E-state index contributed by atoms with van der Waals surface area (Å²) < 4.78 is 27.7. The molecule has 0 radical (unpaired) electrons. The predicted molar refractivity (Wildman–Crippen MR) is 97.9 cm³/mol. The maximum atomic E-state index is 12.0. The summed E-state index contributed by atoms with van der Waals surface area (Å²) in [5, 5.41) is 7.74. The Morgan fingerprint density at radius 3 is 2.44 bits per heavy atom. The van der Waals surface area contributed by atoms with Crippen molar-refractivity contribution in [1.82, 2.24) is 0 Å². The van der Waals surface area contributed by atoms with Crippen LogP contribution in [0.3, 0.4) is 0 Å². The molecule has 3 N–H and O–H groups in total. The van der Waals surface area contributed by atoms with Gasteiger partial charge in [-0.1, -0.05) is 24.3 Å². The first-order chi connectivity index (χ1) is 11.7. The van der Waals surface area contributed by atoms with E-state index < -0.39 is 10.0 Å². The Labute approximate surface area is 148 Å². The zero-order valence-corrected chi connectivity index (χ0v) is 15.1. The van der Waals surface area contributed by atoms with Crippen LogP contribution in [0.1, 0.15) is 23.1 Å². The van der Waals surface area contributed by atoms with Crippen molar-refractivity contribution in [3.8, 4) is 5.75 Å². The van der Waals surface area contributed by atoms with E-state index in [0.717, 1.165) is 16.9 Å². The molecule has 2 rings (SSSR count). The highest BCUT2D eigenvalue weighted by Gasteiger charge is 2.07. The molecule has 0 saturated carbocycles. The molecule has 0 unspecified atom stereocenters. The molecule has 0 aliphatic heterocycles. The molecule has 7 heteroatoms. The van der Waals surface area contributed by atoms with Crippen molar-refractivity contribution in [2.24, 2.45) is 5.14 Å². The Hall–Kier alpha value is -2.38. The normalized spacial score (nSPS) is 11.2. The Kier molecular flexibility index (Phi) is 6.17. The molecule has 0 atom stereocenters. The quantitative estimate of drug-likeness (QED) is 0.790. The van der Waals surface area contributed by atoms with E-state index in [1.807, 2.05) is 32.0 Å². The first-order valence-corrected chi connectivity index (χ1v) is 9.54. The number of hydrogen-bond donors (Lipinski definition) is 2. The average Bonchev–Trinajstić information content (AvgIpc) is 2.51. The fourth-order valence-corrected chi connectivity index (χ4v) is 2.91. The Balaban J connectivity index is 1.83. The van der Waals surface area contributed by atoms with Gasteiger partial charge in [-0.15, -0.1) is 0 Å². The highest BCUT2D eigenvalue weighted by molar-refractivity contribution is 7.88. The van der Waals surface area contributed by atoms with Gasteiger partial charge in [-0.05, 0) is 48.7 Å². The van der Waals surface area contributed by atoms with E-state index in [1.165, 1.54) is 0 Å². The first-order valence-electron chi connectivity index (χ1n) is 7.82. The predicted octanol–water partition coefficient (Wildman–Crippen LogP) is 2.50. The van der Waals surface area contributed by atoms with Gasteiger partial charge in [0.05, 0.1) is 18.8 Å². The topological polar surface area (TPSA) is 98.5 Å². The molecular formula is C18H22N2O4S. The summed E-state index contributed by atoms with van der Waals surface area (Å²) in [4.78, 5) is 12.0. The third-order valence-corrected chi connectivity index (χ3v) is 4.27. The van der Waals surface area contributed by atoms with Crippen molar-refractivity contribution in [2.45, 2.75) is 26.0 Å². The highest BCUT2D eigenvalue weighted by atomic mass is 32.2. The number of amides is 1. The van der Waals surface area contributed by atoms with Gasteiger partial charge in [0.25, 0.3) is 0 Å². The van der Waals surface area contributed by atoms with Crippen molar-refractivity contribution in [2.75, 3.05) is 11.9 Å². The van der Waals surface area contributed by atoms with Crippen molar-refractivity contribution in [3.63, 3.8) is 0 Å². The van der Waals surface area contributed by atoms with E-state index in [1.54, 1.807) is 24.3 Å². The zero-order valence-electron chi connectivity index (χ0n) is 14.3. The van der Waals surface area contributed by atoms with E-state index in [9.17, 15) is 13.2 Å². The van der Waals surface area contributed by atoms with Gasteiger partial charge < -0.3 is 10.1 Å². The molecule has 0 saturated heterocycles. The fraction of sp³-hybridized carbons (Fsp3) is 0.278. The first kappa shape index (κ1) is 19.0. The summed E-state index contributed by atoms with van der Waals surface area (Å²) in [6.07, 6.45) is 0.215. The molecule has 0 spiro atoms. The van der Waals surface area contributed by atoms with Crippen LogP contribution in [0.2, 0.25) is 0 Å². The van der Waals surface area contributed by atoms with E-state index in [4.69, 9.17) is 9.88 Å². The lowest BCUT2D eigenvalue weighted by Gasteiger charge is -2.10. The molecule has 134 valence electrons. The summed E-state index contributed by atoms with van der Waals surface area (Å²) in [6, 6.07) is 12.5. The summed E-state index contributed by atoms with van der Waals surface area (Å²) in [7, 11) is -3.56. The lowest BCUT2D eigenvalue weighted by molar-refractivity contribution is -0.116. The van der Waals surface area contributed by atoms with Gasteiger partial charge in [0.2, 0.25) is 15.9 Å². The van der Waals surface area contributed by atoms with Crippen molar-refractivity contribution in [3.05, 3.63) is 59.2 Å². The largest absolute Gasteiger partial charge is 0.493 e. The Morgan fingerprint density at radius 2 is 1.80 bits per heavy atom. The molecule has 0 fully saturated rings. The number of anilines is 1. The van der Waals surface area contributed by atoms with Crippen LogP contribution in [0.25, 0.3) is 0 Å². The number of carbonyl (C=O) groups excluding carboxylic acids is 1. The number of rotatable bonds is 7. The second kappa shape index (κ2) is 8.13. The Morgan fingerprint density at radius 1 is 1.12 bits per heavy atom. The number of aryl methyl sites for hydroxylation is 2. The molecule has 0 aliphatic rings. The minimum absolute atomic E-state index is 0.176. The van der Waals surface area contributed by atoms with Crippen molar-refractivity contribution >= 4 is 21.6 Å².